The van der Waals surface area contributed by atoms with E-state index in [1.54, 1.807) is 42.5 Å². The van der Waals surface area contributed by atoms with Gasteiger partial charge in [-0.3, -0.25) is 9.59 Å². The first-order chi connectivity index (χ1) is 13.4. The third kappa shape index (κ3) is 5.64. The molecule has 0 aliphatic heterocycles. The Morgan fingerprint density at radius 3 is 2.32 bits per heavy atom. The van der Waals surface area contributed by atoms with Crippen molar-refractivity contribution in [1.29, 1.82) is 0 Å². The smallest absolute Gasteiger partial charge is 0.253 e. The molecule has 0 saturated heterocycles. The lowest BCUT2D eigenvalue weighted by molar-refractivity contribution is -0.116. The number of sulfonamides is 1. The number of nitrogens with zero attached hydrogens (tertiary/aromatic N) is 1. The van der Waals surface area contributed by atoms with Crippen LogP contribution in [0.25, 0.3) is 0 Å². The van der Waals surface area contributed by atoms with Crippen molar-refractivity contribution >= 4 is 27.5 Å². The lowest BCUT2D eigenvalue weighted by Crippen LogP contribution is -2.35. The molecule has 0 radical (unpaired) electrons. The maximum absolute atomic E-state index is 12.5. The number of likely N-dealkylation sites (N-methyl/N-ethyl adjacent to an activating group) is 1. The zero-order chi connectivity index (χ0) is 20.6. The summed E-state index contributed by atoms with van der Waals surface area (Å²) in [7, 11) is -2.44. The summed E-state index contributed by atoms with van der Waals surface area (Å²) in [5.41, 5.74) is 0.674. The van der Waals surface area contributed by atoms with Crippen LogP contribution in [0.4, 0.5) is 5.69 Å². The standard InChI is InChI=1S/C20H25N3O4S/c1-3-4-14-21-20(25)17-12-8-9-13-18(17)22-19(24)15-23(2)28(26,27)16-10-6-5-7-11-16/h5-13H,3-4,14-15H2,1-2H3,(H,21,25)(H,22,24). The first kappa shape index (κ1) is 21.6. The van der Waals surface area contributed by atoms with Crippen LogP contribution < -0.4 is 10.6 Å². The highest BCUT2D eigenvalue weighted by Gasteiger charge is 2.23. The van der Waals surface area contributed by atoms with Crippen molar-refractivity contribution in [3.05, 3.63) is 60.2 Å². The summed E-state index contributed by atoms with van der Waals surface area (Å²) in [6.45, 7) is 2.21. The van der Waals surface area contributed by atoms with Gasteiger partial charge in [0.05, 0.1) is 22.7 Å². The largest absolute Gasteiger partial charge is 0.352 e. The number of nitrogens with one attached hydrogen (secondary N) is 2. The van der Waals surface area contributed by atoms with E-state index >= 15 is 0 Å². The van der Waals surface area contributed by atoms with E-state index in [9.17, 15) is 18.0 Å². The molecule has 2 rings (SSSR count). The number of hydrogen-bond acceptors (Lipinski definition) is 4. The molecule has 0 spiro atoms. The van der Waals surface area contributed by atoms with Gasteiger partial charge in [-0.05, 0) is 30.7 Å². The Hall–Kier alpha value is -2.71. The Balaban J connectivity index is 2.06. The summed E-state index contributed by atoms with van der Waals surface area (Å²) in [6.07, 6.45) is 1.82. The number of rotatable bonds is 9. The van der Waals surface area contributed by atoms with Crippen LogP contribution in [-0.4, -0.2) is 44.7 Å². The lowest BCUT2D eigenvalue weighted by atomic mass is 10.1. The van der Waals surface area contributed by atoms with E-state index in [-0.39, 0.29) is 17.3 Å². The third-order valence-corrected chi connectivity index (χ3v) is 5.90. The summed E-state index contributed by atoms with van der Waals surface area (Å²) < 4.78 is 26.0. The summed E-state index contributed by atoms with van der Waals surface area (Å²) in [4.78, 5) is 24.8. The number of anilines is 1. The minimum absolute atomic E-state index is 0.112. The molecule has 0 saturated carbocycles. The van der Waals surface area contributed by atoms with Crippen LogP contribution in [0.3, 0.4) is 0 Å². The van der Waals surface area contributed by atoms with Crippen molar-refractivity contribution < 1.29 is 18.0 Å². The quantitative estimate of drug-likeness (QED) is 0.629. The van der Waals surface area contributed by atoms with Gasteiger partial charge in [-0.25, -0.2) is 8.42 Å². The number of benzene rings is 2. The summed E-state index contributed by atoms with van der Waals surface area (Å²) in [5.74, 6) is -0.814. The van der Waals surface area contributed by atoms with Gasteiger partial charge in [0.1, 0.15) is 0 Å². The normalized spacial score (nSPS) is 11.2. The molecule has 0 fully saturated rings. The minimum Gasteiger partial charge on any atom is -0.352 e. The Morgan fingerprint density at radius 1 is 1.00 bits per heavy atom. The van der Waals surface area contributed by atoms with Gasteiger partial charge in [0.2, 0.25) is 15.9 Å². The lowest BCUT2D eigenvalue weighted by Gasteiger charge is -2.17. The molecule has 0 aliphatic rings. The van der Waals surface area contributed by atoms with E-state index in [4.69, 9.17) is 0 Å². The highest BCUT2D eigenvalue weighted by molar-refractivity contribution is 7.89. The van der Waals surface area contributed by atoms with Gasteiger partial charge in [-0.2, -0.15) is 4.31 Å². The van der Waals surface area contributed by atoms with E-state index in [1.807, 2.05) is 6.92 Å². The van der Waals surface area contributed by atoms with E-state index in [0.29, 0.717) is 17.8 Å². The van der Waals surface area contributed by atoms with Crippen molar-refractivity contribution in [2.24, 2.45) is 0 Å². The van der Waals surface area contributed by atoms with Crippen LogP contribution >= 0.6 is 0 Å². The van der Waals surface area contributed by atoms with Crippen LogP contribution in [0.2, 0.25) is 0 Å². The van der Waals surface area contributed by atoms with E-state index in [0.717, 1.165) is 17.1 Å². The number of amides is 2. The first-order valence-corrected chi connectivity index (χ1v) is 10.5. The Kier molecular flexibility index (Phi) is 7.71. The summed E-state index contributed by atoms with van der Waals surface area (Å²) >= 11 is 0. The van der Waals surface area contributed by atoms with Gasteiger partial charge in [0.15, 0.2) is 0 Å². The zero-order valence-corrected chi connectivity index (χ0v) is 16.8. The average molecular weight is 404 g/mol. The van der Waals surface area contributed by atoms with Crippen molar-refractivity contribution in [1.82, 2.24) is 9.62 Å². The van der Waals surface area contributed by atoms with Crippen molar-refractivity contribution in [2.75, 3.05) is 25.5 Å². The molecule has 0 heterocycles. The molecular weight excluding hydrogens is 378 g/mol. The molecule has 0 aromatic heterocycles. The van der Waals surface area contributed by atoms with Gasteiger partial charge in [0.25, 0.3) is 5.91 Å². The fraction of sp³-hybridized carbons (Fsp3) is 0.300. The molecule has 2 amide bonds. The fourth-order valence-corrected chi connectivity index (χ4v) is 3.66. The molecule has 8 heteroatoms. The SMILES string of the molecule is CCCCNC(=O)c1ccccc1NC(=O)CN(C)S(=O)(=O)c1ccccc1. The molecule has 0 aliphatic carbocycles. The molecule has 150 valence electrons. The fourth-order valence-electron chi connectivity index (χ4n) is 2.51. The third-order valence-electron chi connectivity index (χ3n) is 4.08. The van der Waals surface area contributed by atoms with Crippen molar-refractivity contribution in [3.63, 3.8) is 0 Å². The number of carbonyl (C=O) groups is 2. The first-order valence-electron chi connectivity index (χ1n) is 9.04. The van der Waals surface area contributed by atoms with Crippen LogP contribution in [0.1, 0.15) is 30.1 Å². The molecule has 2 aromatic carbocycles. The monoisotopic (exact) mass is 403 g/mol. The maximum atomic E-state index is 12.5. The molecule has 0 atom stereocenters. The molecular formula is C20H25N3O4S. The summed E-state index contributed by atoms with van der Waals surface area (Å²) in [5, 5.41) is 5.43. The van der Waals surface area contributed by atoms with Gasteiger partial charge in [-0.15, -0.1) is 0 Å². The number of para-hydroxylation sites is 1. The van der Waals surface area contributed by atoms with Gasteiger partial charge in [0, 0.05) is 13.6 Å². The molecule has 7 nitrogen and oxygen atoms in total. The second-order valence-corrected chi connectivity index (χ2v) is 8.32. The Morgan fingerprint density at radius 2 is 1.64 bits per heavy atom. The molecule has 2 aromatic rings. The second-order valence-electron chi connectivity index (χ2n) is 6.28. The van der Waals surface area contributed by atoms with E-state index in [2.05, 4.69) is 10.6 Å². The zero-order valence-electron chi connectivity index (χ0n) is 16.0. The average Bonchev–Trinajstić information content (AvgIpc) is 2.69. The molecule has 0 unspecified atom stereocenters. The van der Waals surface area contributed by atoms with Crippen LogP contribution in [0.5, 0.6) is 0 Å². The second kappa shape index (κ2) is 10.0. The van der Waals surface area contributed by atoms with E-state index in [1.165, 1.54) is 19.2 Å². The van der Waals surface area contributed by atoms with Gasteiger partial charge in [-0.1, -0.05) is 43.7 Å². The van der Waals surface area contributed by atoms with Crippen LogP contribution in [0.15, 0.2) is 59.5 Å². The highest BCUT2D eigenvalue weighted by Crippen LogP contribution is 2.16. The van der Waals surface area contributed by atoms with Crippen molar-refractivity contribution in [2.45, 2.75) is 24.7 Å². The maximum Gasteiger partial charge on any atom is 0.253 e. The van der Waals surface area contributed by atoms with Gasteiger partial charge < -0.3 is 10.6 Å². The van der Waals surface area contributed by atoms with Gasteiger partial charge >= 0.3 is 0 Å². The van der Waals surface area contributed by atoms with Crippen LogP contribution in [-0.2, 0) is 14.8 Å². The van der Waals surface area contributed by atoms with Crippen LogP contribution in [0, 0.1) is 0 Å². The summed E-state index contributed by atoms with van der Waals surface area (Å²) in [6, 6.07) is 14.5. The minimum atomic E-state index is -3.77. The Bertz CT molecular complexity index is 914. The number of carbonyl (C=O) groups excluding carboxylic acids is 2. The number of hydrogen-bond donors (Lipinski definition) is 2. The van der Waals surface area contributed by atoms with Crippen molar-refractivity contribution in [3.8, 4) is 0 Å². The predicted octanol–water partition coefficient (Wildman–Crippen LogP) is 2.48. The Labute approximate surface area is 165 Å². The number of unbranched alkanes of at least 4 members (excludes halogenated alkanes) is 1. The predicted molar refractivity (Wildman–Crippen MR) is 109 cm³/mol. The van der Waals surface area contributed by atoms with E-state index < -0.39 is 15.9 Å². The topological polar surface area (TPSA) is 95.6 Å². The molecule has 28 heavy (non-hydrogen) atoms. The highest BCUT2D eigenvalue weighted by atomic mass is 32.2. The molecule has 2 N–H and O–H groups in total. The molecule has 0 bridgehead atoms.